The molecule has 0 N–H and O–H groups in total. The molecule has 3 fully saturated rings. The van der Waals surface area contributed by atoms with Gasteiger partial charge >= 0.3 is 0 Å². The van der Waals surface area contributed by atoms with Gasteiger partial charge in [0, 0.05) is 23.7 Å². The first-order chi connectivity index (χ1) is 11.6. The Morgan fingerprint density at radius 2 is 1.40 bits per heavy atom. The number of halogens is 4. The van der Waals surface area contributed by atoms with Gasteiger partial charge in [-0.25, -0.2) is 0 Å². The molecule has 25 heavy (non-hydrogen) atoms. The molecule has 7 heteroatoms. The Hall–Kier alpha value is 0.520. The van der Waals surface area contributed by atoms with Crippen molar-refractivity contribution in [2.75, 3.05) is 13.2 Å². The van der Waals surface area contributed by atoms with Gasteiger partial charge in [0.05, 0.1) is 35.0 Å². The highest BCUT2D eigenvalue weighted by molar-refractivity contribution is 6.52. The molecular formula is C18H20Cl4O3. The topological polar surface area (TPSA) is 27.7 Å². The van der Waals surface area contributed by atoms with Gasteiger partial charge in [-0.2, -0.15) is 0 Å². The number of hydrogen-bond donors (Lipinski definition) is 0. The van der Waals surface area contributed by atoms with Crippen molar-refractivity contribution in [3.05, 3.63) is 22.2 Å². The number of ether oxygens (including phenoxy) is 3. The van der Waals surface area contributed by atoms with Crippen molar-refractivity contribution in [2.24, 2.45) is 23.7 Å². The van der Waals surface area contributed by atoms with Crippen molar-refractivity contribution in [3.63, 3.8) is 0 Å². The lowest BCUT2D eigenvalue weighted by Gasteiger charge is -2.41. The zero-order valence-electron chi connectivity index (χ0n) is 14.2. The zero-order valence-corrected chi connectivity index (χ0v) is 17.2. The number of rotatable bonds is 1. The number of alkyl halides is 2. The second-order valence-electron chi connectivity index (χ2n) is 8.65. The number of hydrogen-bond acceptors (Lipinski definition) is 3. The van der Waals surface area contributed by atoms with Crippen LogP contribution in [0.3, 0.4) is 0 Å². The Morgan fingerprint density at radius 3 is 1.80 bits per heavy atom. The summed E-state index contributed by atoms with van der Waals surface area (Å²) in [6.07, 6.45) is 4.39. The minimum atomic E-state index is -1.21. The van der Waals surface area contributed by atoms with Crippen LogP contribution >= 0.6 is 46.4 Å². The smallest absolute Gasteiger partial charge is 0.218 e. The molecule has 5 aliphatic rings. The fourth-order valence-corrected chi connectivity index (χ4v) is 8.10. The second kappa shape index (κ2) is 4.92. The normalized spacial score (nSPS) is 52.0. The summed E-state index contributed by atoms with van der Waals surface area (Å²) in [6, 6.07) is 0. The lowest BCUT2D eigenvalue weighted by molar-refractivity contribution is -0.180. The summed E-state index contributed by atoms with van der Waals surface area (Å²) in [6.45, 7) is 7.05. The molecule has 0 aromatic carbocycles. The molecule has 4 aliphatic carbocycles. The van der Waals surface area contributed by atoms with Crippen LogP contribution in [0.15, 0.2) is 22.2 Å². The van der Waals surface area contributed by atoms with Crippen LogP contribution in [-0.4, -0.2) is 40.5 Å². The lowest BCUT2D eigenvalue weighted by Crippen LogP contribution is -2.57. The lowest BCUT2D eigenvalue weighted by atomic mass is 9.75. The van der Waals surface area contributed by atoms with Gasteiger partial charge in [0.1, 0.15) is 9.75 Å². The Morgan fingerprint density at radius 1 is 0.960 bits per heavy atom. The quantitative estimate of drug-likeness (QED) is 0.452. The van der Waals surface area contributed by atoms with Crippen LogP contribution in [0, 0.1) is 23.7 Å². The summed E-state index contributed by atoms with van der Waals surface area (Å²) < 4.78 is 18.5. The Balaban J connectivity index is 1.66. The van der Waals surface area contributed by atoms with Gasteiger partial charge < -0.3 is 14.2 Å². The molecular weight excluding hydrogens is 406 g/mol. The summed E-state index contributed by atoms with van der Waals surface area (Å²) in [5.41, 5.74) is -0.261. The third kappa shape index (κ3) is 1.70. The van der Waals surface area contributed by atoms with Crippen molar-refractivity contribution in [1.29, 1.82) is 0 Å². The Labute approximate surface area is 167 Å². The van der Waals surface area contributed by atoms with Crippen LogP contribution < -0.4 is 0 Å². The van der Waals surface area contributed by atoms with Crippen molar-refractivity contribution in [1.82, 2.24) is 0 Å². The van der Waals surface area contributed by atoms with Gasteiger partial charge in [-0.1, -0.05) is 35.4 Å². The van der Waals surface area contributed by atoms with Crippen LogP contribution in [0.1, 0.15) is 20.8 Å². The largest absolute Gasteiger partial charge is 0.371 e. The molecule has 6 unspecified atom stereocenters. The zero-order chi connectivity index (χ0) is 18.0. The molecule has 1 saturated heterocycles. The molecule has 1 aliphatic heterocycles. The summed E-state index contributed by atoms with van der Waals surface area (Å²) in [4.78, 5) is -2.17. The van der Waals surface area contributed by atoms with E-state index in [4.69, 9.17) is 60.6 Å². The molecule has 0 radical (unpaired) electrons. The minimum absolute atomic E-state index is 0.0111. The first-order valence-electron chi connectivity index (χ1n) is 8.68. The van der Waals surface area contributed by atoms with Crippen LogP contribution in [0.25, 0.3) is 0 Å². The van der Waals surface area contributed by atoms with Crippen molar-refractivity contribution in [2.45, 2.75) is 48.0 Å². The molecule has 2 saturated carbocycles. The first kappa shape index (κ1) is 17.6. The molecule has 6 atom stereocenters. The van der Waals surface area contributed by atoms with E-state index in [2.05, 4.69) is 32.9 Å². The summed E-state index contributed by atoms with van der Waals surface area (Å²) in [5, 5.41) is 0.730. The number of fused-ring (bicyclic) bond motifs is 7. The van der Waals surface area contributed by atoms with Gasteiger partial charge in [0.15, 0.2) is 0 Å². The molecule has 138 valence electrons. The molecule has 0 amide bonds. The monoisotopic (exact) mass is 424 g/mol. The van der Waals surface area contributed by atoms with Gasteiger partial charge in [-0.15, -0.1) is 23.2 Å². The first-order valence-corrected chi connectivity index (χ1v) is 10.2. The molecule has 3 nitrogen and oxygen atoms in total. The highest BCUT2D eigenvalue weighted by atomic mass is 35.5. The molecule has 1 heterocycles. The molecule has 0 aromatic heterocycles. The van der Waals surface area contributed by atoms with E-state index in [9.17, 15) is 0 Å². The van der Waals surface area contributed by atoms with Crippen molar-refractivity contribution in [3.8, 4) is 0 Å². The maximum absolute atomic E-state index is 7.23. The average Bonchev–Trinajstić information content (AvgIpc) is 3.28. The van der Waals surface area contributed by atoms with Crippen molar-refractivity contribution >= 4 is 46.4 Å². The second-order valence-corrected chi connectivity index (χ2v) is 10.6. The predicted octanol–water partition coefficient (Wildman–Crippen LogP) is 4.63. The highest BCUT2D eigenvalue weighted by Crippen LogP contribution is 2.80. The maximum atomic E-state index is 7.23. The summed E-state index contributed by atoms with van der Waals surface area (Å²) in [7, 11) is 0. The van der Waals surface area contributed by atoms with Crippen LogP contribution in [0.5, 0.6) is 0 Å². The van der Waals surface area contributed by atoms with Gasteiger partial charge in [0.25, 0.3) is 0 Å². The fraction of sp³-hybridized carbons (Fsp3) is 0.778. The van der Waals surface area contributed by atoms with Crippen LogP contribution in [0.4, 0.5) is 0 Å². The third-order valence-electron chi connectivity index (χ3n) is 6.42. The highest BCUT2D eigenvalue weighted by Gasteiger charge is 2.89. The predicted molar refractivity (Wildman–Crippen MR) is 98.3 cm³/mol. The molecule has 0 aromatic rings. The van der Waals surface area contributed by atoms with E-state index < -0.39 is 15.5 Å². The van der Waals surface area contributed by atoms with E-state index >= 15 is 0 Å². The maximum Gasteiger partial charge on any atom is 0.218 e. The Kier molecular flexibility index (Phi) is 3.46. The van der Waals surface area contributed by atoms with E-state index in [1.54, 1.807) is 0 Å². The van der Waals surface area contributed by atoms with E-state index in [-0.39, 0.29) is 35.4 Å². The van der Waals surface area contributed by atoms with Gasteiger partial charge in [-0.3, -0.25) is 0 Å². The van der Waals surface area contributed by atoms with E-state index in [1.807, 2.05) is 0 Å². The summed E-state index contributed by atoms with van der Waals surface area (Å²) in [5.74, 6) is -1.07. The fourth-order valence-electron chi connectivity index (χ4n) is 5.89. The van der Waals surface area contributed by atoms with Gasteiger partial charge in [0.2, 0.25) is 5.79 Å². The standard InChI is InChI=1S/C18H20Cl4O3/c1-15(2,3)25-12-8-4-5-9(12)11-10(8)16(21)13(19)14(20)17(11,22)18(16)23-6-7-24-18/h4-5,8-12H,6-7H2,1-3H3. The van der Waals surface area contributed by atoms with E-state index in [0.29, 0.717) is 23.3 Å². The molecule has 4 bridgehead atoms. The Bertz CT molecular complexity index is 664. The summed E-state index contributed by atoms with van der Waals surface area (Å²) >= 11 is 27.8. The van der Waals surface area contributed by atoms with E-state index in [0.717, 1.165) is 0 Å². The molecule has 1 spiro atoms. The third-order valence-corrected chi connectivity index (χ3v) is 9.07. The minimum Gasteiger partial charge on any atom is -0.371 e. The van der Waals surface area contributed by atoms with Crippen molar-refractivity contribution < 1.29 is 14.2 Å². The SMILES string of the molecule is CC(C)(C)OC1C2C=CC1C1C2C2(Cl)C(Cl)=C(Cl)C1(Cl)C21OCCO1. The molecule has 5 rings (SSSR count). The van der Waals surface area contributed by atoms with Crippen LogP contribution in [0.2, 0.25) is 0 Å². The average molecular weight is 426 g/mol. The van der Waals surface area contributed by atoms with E-state index in [1.165, 1.54) is 0 Å². The van der Waals surface area contributed by atoms with Crippen LogP contribution in [-0.2, 0) is 14.2 Å². The van der Waals surface area contributed by atoms with Gasteiger partial charge in [-0.05, 0) is 20.8 Å².